The molecule has 3 rings (SSSR count). The summed E-state index contributed by atoms with van der Waals surface area (Å²) in [4.78, 5) is 30.3. The number of hydrogen-bond acceptors (Lipinski definition) is 4. The Labute approximate surface area is 134 Å². The summed E-state index contributed by atoms with van der Waals surface area (Å²) in [5, 5.41) is 4.45. The van der Waals surface area contributed by atoms with Crippen LogP contribution in [0.5, 0.6) is 0 Å². The van der Waals surface area contributed by atoms with E-state index in [0.29, 0.717) is 12.1 Å². The molecule has 1 amide bonds. The van der Waals surface area contributed by atoms with E-state index in [-0.39, 0.29) is 17.5 Å². The highest BCUT2D eigenvalue weighted by Crippen LogP contribution is 2.23. The van der Waals surface area contributed by atoms with Crippen molar-refractivity contribution < 1.29 is 4.79 Å². The highest BCUT2D eigenvalue weighted by molar-refractivity contribution is 5.94. The van der Waals surface area contributed by atoms with E-state index in [0.717, 1.165) is 31.0 Å². The van der Waals surface area contributed by atoms with E-state index >= 15 is 0 Å². The lowest BCUT2D eigenvalue weighted by Gasteiger charge is -2.33. The number of likely N-dealkylation sites (tertiary alicyclic amines) is 1. The second kappa shape index (κ2) is 5.98. The third kappa shape index (κ3) is 3.04. The van der Waals surface area contributed by atoms with Gasteiger partial charge < -0.3 is 9.47 Å². The van der Waals surface area contributed by atoms with E-state index in [1.54, 1.807) is 19.3 Å². The molecule has 0 bridgehead atoms. The topological polar surface area (TPSA) is 73.0 Å². The predicted molar refractivity (Wildman–Crippen MR) is 85.4 cm³/mol. The van der Waals surface area contributed by atoms with Gasteiger partial charge in [0, 0.05) is 32.4 Å². The van der Waals surface area contributed by atoms with Gasteiger partial charge in [-0.05, 0) is 32.8 Å². The second-order valence-electron chi connectivity index (χ2n) is 6.06. The number of rotatable bonds is 2. The minimum Gasteiger partial charge on any atom is -0.336 e. The summed E-state index contributed by atoms with van der Waals surface area (Å²) in [5.74, 6) is 1.59. The number of nitrogens with zero attached hydrogens (tertiary/aromatic N) is 5. The Balaban J connectivity index is 1.80. The Morgan fingerprint density at radius 1 is 1.30 bits per heavy atom. The summed E-state index contributed by atoms with van der Waals surface area (Å²) >= 11 is 0. The van der Waals surface area contributed by atoms with E-state index in [4.69, 9.17) is 0 Å². The van der Waals surface area contributed by atoms with Crippen molar-refractivity contribution in [1.29, 1.82) is 0 Å². The summed E-state index contributed by atoms with van der Waals surface area (Å²) in [7, 11) is 1.65. The molecule has 1 aliphatic heterocycles. The van der Waals surface area contributed by atoms with Crippen molar-refractivity contribution >= 4 is 5.91 Å². The van der Waals surface area contributed by atoms with Gasteiger partial charge in [0.05, 0.1) is 11.6 Å². The average molecular weight is 315 g/mol. The molecule has 122 valence electrons. The zero-order valence-corrected chi connectivity index (χ0v) is 13.7. The molecule has 23 heavy (non-hydrogen) atoms. The van der Waals surface area contributed by atoms with Gasteiger partial charge in [-0.15, -0.1) is 0 Å². The Bertz CT molecular complexity index is 792. The molecule has 0 N–H and O–H groups in total. The van der Waals surface area contributed by atoms with Gasteiger partial charge in [0.15, 0.2) is 0 Å². The fraction of sp³-hybridized carbons (Fsp3) is 0.500. The van der Waals surface area contributed by atoms with Crippen LogP contribution in [0.4, 0.5) is 0 Å². The van der Waals surface area contributed by atoms with Crippen molar-refractivity contribution in [2.45, 2.75) is 32.7 Å². The van der Waals surface area contributed by atoms with Crippen LogP contribution in [-0.4, -0.2) is 43.2 Å². The van der Waals surface area contributed by atoms with Gasteiger partial charge >= 0.3 is 0 Å². The summed E-state index contributed by atoms with van der Waals surface area (Å²) in [5.41, 5.74) is 0.422. The molecule has 2 aromatic rings. The molecule has 0 aromatic carbocycles. The fourth-order valence-corrected chi connectivity index (χ4v) is 3.12. The highest BCUT2D eigenvalue weighted by atomic mass is 16.2. The number of piperidine rings is 1. The second-order valence-corrected chi connectivity index (χ2v) is 6.06. The third-order valence-corrected chi connectivity index (χ3v) is 4.27. The highest BCUT2D eigenvalue weighted by Gasteiger charge is 2.27. The number of aromatic nitrogens is 4. The minimum absolute atomic E-state index is 0.0419. The lowest BCUT2D eigenvalue weighted by atomic mass is 10.0. The lowest BCUT2D eigenvalue weighted by molar-refractivity contribution is 0.0670. The van der Waals surface area contributed by atoms with Crippen LogP contribution >= 0.6 is 0 Å². The first-order valence-corrected chi connectivity index (χ1v) is 7.81. The fourth-order valence-electron chi connectivity index (χ4n) is 3.12. The van der Waals surface area contributed by atoms with Crippen molar-refractivity contribution in [3.8, 4) is 0 Å². The molecule has 0 saturated carbocycles. The number of carbonyl (C=O) groups is 1. The molecule has 7 nitrogen and oxygen atoms in total. The third-order valence-electron chi connectivity index (χ3n) is 4.27. The van der Waals surface area contributed by atoms with Crippen LogP contribution in [0.25, 0.3) is 0 Å². The molecule has 1 aliphatic rings. The smallest absolute Gasteiger partial charge is 0.255 e. The Kier molecular flexibility index (Phi) is 4.02. The van der Waals surface area contributed by atoms with Crippen LogP contribution in [0.1, 0.15) is 40.9 Å². The van der Waals surface area contributed by atoms with E-state index in [1.807, 2.05) is 23.4 Å². The van der Waals surface area contributed by atoms with Crippen LogP contribution in [0, 0.1) is 13.8 Å². The van der Waals surface area contributed by atoms with Crippen LogP contribution in [0.15, 0.2) is 23.1 Å². The predicted octanol–water partition coefficient (Wildman–Crippen LogP) is 1.07. The van der Waals surface area contributed by atoms with Crippen LogP contribution in [0.2, 0.25) is 0 Å². The van der Waals surface area contributed by atoms with Gasteiger partial charge in [0.2, 0.25) is 5.56 Å². The first-order valence-electron chi connectivity index (χ1n) is 7.81. The monoisotopic (exact) mass is 315 g/mol. The van der Waals surface area contributed by atoms with Gasteiger partial charge in [-0.2, -0.15) is 5.10 Å². The number of carbonyl (C=O) groups excluding carboxylic acids is 1. The standard InChI is InChI=1S/C16H21N5O2/c1-11-17-12(2)21(18-11)14-5-4-8-20(10-14)16(23)13-6-7-15(22)19(3)9-13/h6-7,9,14H,4-5,8,10H2,1-3H3. The maximum atomic E-state index is 12.7. The van der Waals surface area contributed by atoms with Crippen molar-refractivity contribution in [3.63, 3.8) is 0 Å². The molecule has 7 heteroatoms. The largest absolute Gasteiger partial charge is 0.336 e. The van der Waals surface area contributed by atoms with Gasteiger partial charge in [0.25, 0.3) is 5.91 Å². The van der Waals surface area contributed by atoms with Gasteiger partial charge in [-0.3, -0.25) is 9.59 Å². The summed E-state index contributed by atoms with van der Waals surface area (Å²) in [6.07, 6.45) is 3.51. The zero-order valence-electron chi connectivity index (χ0n) is 13.7. The maximum absolute atomic E-state index is 12.7. The first-order chi connectivity index (χ1) is 11.0. The van der Waals surface area contributed by atoms with Crippen LogP contribution < -0.4 is 5.56 Å². The normalized spacial score (nSPS) is 18.2. The molecule has 0 spiro atoms. The lowest BCUT2D eigenvalue weighted by Crippen LogP contribution is -2.41. The number of pyridine rings is 1. The van der Waals surface area contributed by atoms with Gasteiger partial charge in [0.1, 0.15) is 11.6 Å². The molecule has 3 heterocycles. The van der Waals surface area contributed by atoms with Crippen LogP contribution in [0.3, 0.4) is 0 Å². The molecule has 1 unspecified atom stereocenters. The zero-order chi connectivity index (χ0) is 16.6. The number of amides is 1. The Morgan fingerprint density at radius 3 is 2.74 bits per heavy atom. The summed E-state index contributed by atoms with van der Waals surface area (Å²) in [6.45, 7) is 5.16. The molecule has 1 saturated heterocycles. The van der Waals surface area contributed by atoms with Crippen molar-refractivity contribution in [1.82, 2.24) is 24.2 Å². The average Bonchev–Trinajstić information content (AvgIpc) is 2.88. The van der Waals surface area contributed by atoms with E-state index in [1.165, 1.54) is 10.6 Å². The molecule has 1 fully saturated rings. The molecule has 1 atom stereocenters. The molecular weight excluding hydrogens is 294 g/mol. The van der Waals surface area contributed by atoms with Crippen LogP contribution in [-0.2, 0) is 7.05 Å². The Morgan fingerprint density at radius 2 is 2.09 bits per heavy atom. The van der Waals surface area contributed by atoms with E-state index < -0.39 is 0 Å². The van der Waals surface area contributed by atoms with Crippen molar-refractivity contribution in [2.24, 2.45) is 7.05 Å². The Hall–Kier alpha value is -2.44. The SMILES string of the molecule is Cc1nc(C)n(C2CCCN(C(=O)c3ccc(=O)n(C)c3)C2)n1. The van der Waals surface area contributed by atoms with E-state index in [9.17, 15) is 9.59 Å². The number of aryl methyl sites for hydroxylation is 3. The first kappa shape index (κ1) is 15.5. The molecule has 2 aromatic heterocycles. The molecular formula is C16H21N5O2. The molecule has 0 radical (unpaired) electrons. The van der Waals surface area contributed by atoms with Crippen molar-refractivity contribution in [2.75, 3.05) is 13.1 Å². The van der Waals surface area contributed by atoms with E-state index in [2.05, 4.69) is 10.1 Å². The number of hydrogen-bond donors (Lipinski definition) is 0. The van der Waals surface area contributed by atoms with Gasteiger partial charge in [-0.1, -0.05) is 0 Å². The van der Waals surface area contributed by atoms with Crippen molar-refractivity contribution in [3.05, 3.63) is 45.9 Å². The molecule has 0 aliphatic carbocycles. The minimum atomic E-state index is -0.119. The summed E-state index contributed by atoms with van der Waals surface area (Å²) in [6, 6.07) is 3.18. The maximum Gasteiger partial charge on any atom is 0.255 e. The van der Waals surface area contributed by atoms with Gasteiger partial charge in [-0.25, -0.2) is 9.67 Å². The quantitative estimate of drug-likeness (QED) is 0.831. The summed E-state index contributed by atoms with van der Waals surface area (Å²) < 4.78 is 3.36.